The van der Waals surface area contributed by atoms with Crippen molar-refractivity contribution in [3.05, 3.63) is 18.1 Å². The average molecular weight is 235 g/mol. The second-order valence-electron chi connectivity index (χ2n) is 4.69. The van der Waals surface area contributed by atoms with E-state index < -0.39 is 0 Å². The average Bonchev–Trinajstić information content (AvgIpc) is 3.13. The van der Waals surface area contributed by atoms with Gasteiger partial charge in [0.05, 0.1) is 7.11 Å². The first-order valence-electron chi connectivity index (χ1n) is 6.40. The van der Waals surface area contributed by atoms with Crippen molar-refractivity contribution in [2.75, 3.05) is 13.7 Å². The molecule has 0 aliphatic heterocycles. The Labute approximate surface area is 103 Å². The molecule has 1 atom stereocenters. The van der Waals surface area contributed by atoms with Crippen LogP contribution in [0, 0.1) is 5.92 Å². The molecule has 1 aliphatic rings. The number of rotatable bonds is 7. The number of aromatic nitrogens is 2. The van der Waals surface area contributed by atoms with Gasteiger partial charge in [0.25, 0.3) is 0 Å². The molecule has 1 aliphatic carbocycles. The molecule has 1 saturated carbocycles. The van der Waals surface area contributed by atoms with Gasteiger partial charge < -0.3 is 10.1 Å². The normalized spacial score (nSPS) is 16.8. The molecular formula is C13H21N3O. The molecule has 0 spiro atoms. The van der Waals surface area contributed by atoms with Gasteiger partial charge in [0.2, 0.25) is 5.88 Å². The highest BCUT2D eigenvalue weighted by Gasteiger charge is 2.25. The Hall–Kier alpha value is -1.16. The van der Waals surface area contributed by atoms with Gasteiger partial charge in [-0.1, -0.05) is 19.8 Å². The summed E-state index contributed by atoms with van der Waals surface area (Å²) < 4.78 is 5.12. The van der Waals surface area contributed by atoms with Gasteiger partial charge in [-0.05, 0) is 18.9 Å². The zero-order valence-electron chi connectivity index (χ0n) is 10.6. The van der Waals surface area contributed by atoms with Gasteiger partial charge in [0.1, 0.15) is 6.33 Å². The van der Waals surface area contributed by atoms with Crippen LogP contribution in [0.2, 0.25) is 0 Å². The van der Waals surface area contributed by atoms with Gasteiger partial charge >= 0.3 is 0 Å². The summed E-state index contributed by atoms with van der Waals surface area (Å²) in [6.07, 6.45) is 6.60. The fourth-order valence-electron chi connectivity index (χ4n) is 2.14. The summed E-state index contributed by atoms with van der Waals surface area (Å²) in [5.41, 5.74) is 1.06. The number of likely N-dealkylation sites (N-methyl/N-ethyl adjacent to an activating group) is 1. The molecule has 1 fully saturated rings. The van der Waals surface area contributed by atoms with Crippen molar-refractivity contribution in [2.45, 2.75) is 38.6 Å². The standard InChI is InChI=1S/C13H21N3O/c1-3-14-11(6-10-4-5-10)7-12-8-13(17-2)16-9-15-12/h8-11,14H,3-7H2,1-2H3. The number of hydrogen-bond donors (Lipinski definition) is 1. The Morgan fingerprint density at radius 3 is 2.94 bits per heavy atom. The van der Waals surface area contributed by atoms with Crippen LogP contribution in [0.25, 0.3) is 0 Å². The zero-order chi connectivity index (χ0) is 12.1. The smallest absolute Gasteiger partial charge is 0.216 e. The topological polar surface area (TPSA) is 47.0 Å². The third-order valence-electron chi connectivity index (χ3n) is 3.17. The minimum absolute atomic E-state index is 0.534. The molecule has 1 unspecified atom stereocenters. The molecule has 2 rings (SSSR count). The molecular weight excluding hydrogens is 214 g/mol. The monoisotopic (exact) mass is 235 g/mol. The number of ether oxygens (including phenoxy) is 1. The van der Waals surface area contributed by atoms with Crippen LogP contribution in [0.4, 0.5) is 0 Å². The third kappa shape index (κ3) is 3.97. The van der Waals surface area contributed by atoms with Crippen LogP contribution in [0.3, 0.4) is 0 Å². The summed E-state index contributed by atoms with van der Waals surface area (Å²) >= 11 is 0. The number of nitrogens with zero attached hydrogens (tertiary/aromatic N) is 2. The van der Waals surface area contributed by atoms with Crippen LogP contribution >= 0.6 is 0 Å². The van der Waals surface area contributed by atoms with Crippen molar-refractivity contribution >= 4 is 0 Å². The summed E-state index contributed by atoms with van der Waals surface area (Å²) in [5.74, 6) is 1.58. The van der Waals surface area contributed by atoms with E-state index in [-0.39, 0.29) is 0 Å². The lowest BCUT2D eigenvalue weighted by atomic mass is 10.0. The molecule has 0 amide bonds. The first-order chi connectivity index (χ1) is 8.31. The van der Waals surface area contributed by atoms with E-state index in [1.165, 1.54) is 19.3 Å². The van der Waals surface area contributed by atoms with E-state index in [0.29, 0.717) is 11.9 Å². The maximum absolute atomic E-state index is 5.12. The fraction of sp³-hybridized carbons (Fsp3) is 0.692. The lowest BCUT2D eigenvalue weighted by Gasteiger charge is -2.17. The summed E-state index contributed by atoms with van der Waals surface area (Å²) in [6.45, 7) is 3.17. The highest BCUT2D eigenvalue weighted by Crippen LogP contribution is 2.34. The van der Waals surface area contributed by atoms with E-state index in [4.69, 9.17) is 4.74 Å². The first-order valence-corrected chi connectivity index (χ1v) is 6.40. The minimum Gasteiger partial charge on any atom is -0.481 e. The predicted octanol–water partition coefficient (Wildman–Crippen LogP) is 1.81. The maximum atomic E-state index is 5.12. The van der Waals surface area contributed by atoms with Crippen LogP contribution in [0.15, 0.2) is 12.4 Å². The predicted molar refractivity (Wildman–Crippen MR) is 67.1 cm³/mol. The largest absolute Gasteiger partial charge is 0.481 e. The van der Waals surface area contributed by atoms with Crippen molar-refractivity contribution in [1.82, 2.24) is 15.3 Å². The van der Waals surface area contributed by atoms with Crippen LogP contribution in [0.1, 0.15) is 31.9 Å². The quantitative estimate of drug-likeness (QED) is 0.783. The summed E-state index contributed by atoms with van der Waals surface area (Å²) in [5, 5.41) is 3.54. The molecule has 0 radical (unpaired) electrons. The second kappa shape index (κ2) is 5.96. The van der Waals surface area contributed by atoms with Crippen molar-refractivity contribution in [2.24, 2.45) is 5.92 Å². The second-order valence-corrected chi connectivity index (χ2v) is 4.69. The van der Waals surface area contributed by atoms with Crippen LogP contribution in [-0.4, -0.2) is 29.7 Å². The number of nitrogens with one attached hydrogen (secondary N) is 1. The van der Waals surface area contributed by atoms with Gasteiger partial charge in [-0.2, -0.15) is 0 Å². The molecule has 0 aromatic carbocycles. The summed E-state index contributed by atoms with van der Waals surface area (Å²) in [4.78, 5) is 8.34. The van der Waals surface area contributed by atoms with Crippen molar-refractivity contribution in [1.29, 1.82) is 0 Å². The number of hydrogen-bond acceptors (Lipinski definition) is 4. The molecule has 1 aromatic heterocycles. The van der Waals surface area contributed by atoms with Crippen LogP contribution < -0.4 is 10.1 Å². The van der Waals surface area contributed by atoms with Gasteiger partial charge in [0, 0.05) is 24.2 Å². The lowest BCUT2D eigenvalue weighted by molar-refractivity contribution is 0.394. The van der Waals surface area contributed by atoms with Gasteiger partial charge in [-0.3, -0.25) is 0 Å². The van der Waals surface area contributed by atoms with Crippen molar-refractivity contribution in [3.8, 4) is 5.88 Å². The van der Waals surface area contributed by atoms with Gasteiger partial charge in [-0.25, -0.2) is 9.97 Å². The maximum Gasteiger partial charge on any atom is 0.216 e. The molecule has 0 bridgehead atoms. The molecule has 4 heteroatoms. The van der Waals surface area contributed by atoms with E-state index in [0.717, 1.165) is 24.6 Å². The minimum atomic E-state index is 0.534. The van der Waals surface area contributed by atoms with Crippen molar-refractivity contribution < 1.29 is 4.74 Å². The molecule has 94 valence electrons. The third-order valence-corrected chi connectivity index (χ3v) is 3.17. The first kappa shape index (κ1) is 12.3. The van der Waals surface area contributed by atoms with Gasteiger partial charge in [0.15, 0.2) is 0 Å². The van der Waals surface area contributed by atoms with Gasteiger partial charge in [-0.15, -0.1) is 0 Å². The number of methoxy groups -OCH3 is 1. The molecule has 1 aromatic rings. The van der Waals surface area contributed by atoms with E-state index in [1.54, 1.807) is 13.4 Å². The molecule has 17 heavy (non-hydrogen) atoms. The highest BCUT2D eigenvalue weighted by molar-refractivity contribution is 5.14. The van der Waals surface area contributed by atoms with Crippen LogP contribution in [-0.2, 0) is 6.42 Å². The lowest BCUT2D eigenvalue weighted by Crippen LogP contribution is -2.31. The van der Waals surface area contributed by atoms with E-state index in [1.807, 2.05) is 6.07 Å². The van der Waals surface area contributed by atoms with E-state index in [2.05, 4.69) is 22.2 Å². The molecule has 4 nitrogen and oxygen atoms in total. The SMILES string of the molecule is CCNC(Cc1cc(OC)ncn1)CC1CC1. The van der Waals surface area contributed by atoms with E-state index in [9.17, 15) is 0 Å². The zero-order valence-corrected chi connectivity index (χ0v) is 10.6. The Bertz CT molecular complexity index is 352. The Balaban J connectivity index is 1.94. The Morgan fingerprint density at radius 2 is 2.29 bits per heavy atom. The molecule has 1 heterocycles. The van der Waals surface area contributed by atoms with Crippen molar-refractivity contribution in [3.63, 3.8) is 0 Å². The van der Waals surface area contributed by atoms with E-state index >= 15 is 0 Å². The fourth-order valence-corrected chi connectivity index (χ4v) is 2.14. The Morgan fingerprint density at radius 1 is 1.47 bits per heavy atom. The summed E-state index contributed by atoms with van der Waals surface area (Å²) in [7, 11) is 1.64. The molecule has 0 saturated heterocycles. The summed E-state index contributed by atoms with van der Waals surface area (Å²) in [6, 6.07) is 2.46. The highest BCUT2D eigenvalue weighted by atomic mass is 16.5. The molecule has 1 N–H and O–H groups in total. The van der Waals surface area contributed by atoms with Crippen LogP contribution in [0.5, 0.6) is 5.88 Å². The Kier molecular flexibility index (Phi) is 4.31.